The SMILES string of the molecule is CN(CC(F)F)c1ncc(Br)cc1CN. The molecule has 2 N–H and O–H groups in total. The fourth-order valence-corrected chi connectivity index (χ4v) is 1.64. The van der Waals surface area contributed by atoms with Crippen LogP contribution in [-0.2, 0) is 6.54 Å². The van der Waals surface area contributed by atoms with E-state index in [1.54, 1.807) is 19.3 Å². The molecule has 1 aromatic heterocycles. The van der Waals surface area contributed by atoms with E-state index in [2.05, 4.69) is 20.9 Å². The third kappa shape index (κ3) is 3.39. The zero-order chi connectivity index (χ0) is 11.4. The number of nitrogens with two attached hydrogens (primary N) is 1. The van der Waals surface area contributed by atoms with Crippen LogP contribution < -0.4 is 10.6 Å². The summed E-state index contributed by atoms with van der Waals surface area (Å²) in [5.41, 5.74) is 6.26. The second kappa shape index (κ2) is 5.37. The maximum absolute atomic E-state index is 12.2. The molecule has 0 bridgehead atoms. The van der Waals surface area contributed by atoms with Crippen molar-refractivity contribution in [1.29, 1.82) is 0 Å². The minimum atomic E-state index is -2.38. The fourth-order valence-electron chi connectivity index (χ4n) is 1.26. The minimum Gasteiger partial charge on any atom is -0.354 e. The van der Waals surface area contributed by atoms with Gasteiger partial charge in [-0.2, -0.15) is 0 Å². The molecule has 0 spiro atoms. The van der Waals surface area contributed by atoms with E-state index in [4.69, 9.17) is 5.73 Å². The average molecular weight is 280 g/mol. The van der Waals surface area contributed by atoms with Gasteiger partial charge in [-0.05, 0) is 22.0 Å². The summed E-state index contributed by atoms with van der Waals surface area (Å²) in [5, 5.41) is 0. The topological polar surface area (TPSA) is 42.2 Å². The lowest BCUT2D eigenvalue weighted by molar-refractivity contribution is 0.156. The molecule has 3 nitrogen and oxygen atoms in total. The minimum absolute atomic E-state index is 0.273. The summed E-state index contributed by atoms with van der Waals surface area (Å²) in [6.07, 6.45) is -0.817. The maximum Gasteiger partial charge on any atom is 0.255 e. The molecule has 0 aromatic carbocycles. The Hall–Kier alpha value is -0.750. The van der Waals surface area contributed by atoms with Crippen molar-refractivity contribution in [2.75, 3.05) is 18.5 Å². The van der Waals surface area contributed by atoms with Crippen LogP contribution in [0.15, 0.2) is 16.7 Å². The molecule has 0 aliphatic rings. The highest BCUT2D eigenvalue weighted by molar-refractivity contribution is 9.10. The molecule has 0 fully saturated rings. The average Bonchev–Trinajstić information content (AvgIpc) is 2.16. The van der Waals surface area contributed by atoms with Gasteiger partial charge in [0, 0.05) is 29.8 Å². The molecule has 0 amide bonds. The number of hydrogen-bond donors (Lipinski definition) is 1. The van der Waals surface area contributed by atoms with E-state index in [1.165, 1.54) is 4.90 Å². The van der Waals surface area contributed by atoms with Crippen LogP contribution >= 0.6 is 15.9 Å². The Morgan fingerprint density at radius 1 is 1.60 bits per heavy atom. The van der Waals surface area contributed by atoms with Gasteiger partial charge in [0.25, 0.3) is 6.43 Å². The quantitative estimate of drug-likeness (QED) is 0.917. The van der Waals surface area contributed by atoms with Gasteiger partial charge in [-0.15, -0.1) is 0 Å². The van der Waals surface area contributed by atoms with Crippen LogP contribution in [0.2, 0.25) is 0 Å². The van der Waals surface area contributed by atoms with Crippen molar-refractivity contribution in [3.05, 3.63) is 22.3 Å². The lowest BCUT2D eigenvalue weighted by Crippen LogP contribution is -2.26. The van der Waals surface area contributed by atoms with Gasteiger partial charge in [0.2, 0.25) is 0 Å². The van der Waals surface area contributed by atoms with Gasteiger partial charge in [-0.25, -0.2) is 13.8 Å². The molecule has 1 rings (SSSR count). The van der Waals surface area contributed by atoms with Gasteiger partial charge in [0.15, 0.2) is 0 Å². The largest absolute Gasteiger partial charge is 0.354 e. The molecule has 1 aromatic rings. The summed E-state index contributed by atoms with van der Waals surface area (Å²) in [6, 6.07) is 1.78. The van der Waals surface area contributed by atoms with Gasteiger partial charge in [-0.1, -0.05) is 0 Å². The molecular formula is C9H12BrF2N3. The molecule has 1 heterocycles. The Bertz CT molecular complexity index is 333. The van der Waals surface area contributed by atoms with Crippen molar-refractivity contribution in [2.45, 2.75) is 13.0 Å². The first-order valence-electron chi connectivity index (χ1n) is 4.38. The number of pyridine rings is 1. The molecule has 0 aliphatic carbocycles. The molecule has 0 saturated carbocycles. The van der Waals surface area contributed by atoms with Crippen LogP contribution in [0, 0.1) is 0 Å². The lowest BCUT2D eigenvalue weighted by Gasteiger charge is -2.20. The summed E-state index contributed by atoms with van der Waals surface area (Å²) < 4.78 is 25.1. The maximum atomic E-state index is 12.2. The molecule has 0 aliphatic heterocycles. The van der Waals surface area contributed by atoms with E-state index < -0.39 is 6.43 Å². The van der Waals surface area contributed by atoms with Crippen LogP contribution in [0.4, 0.5) is 14.6 Å². The van der Waals surface area contributed by atoms with E-state index in [0.717, 1.165) is 10.0 Å². The number of hydrogen-bond acceptors (Lipinski definition) is 3. The second-order valence-electron chi connectivity index (χ2n) is 3.11. The second-order valence-corrected chi connectivity index (χ2v) is 4.03. The number of anilines is 1. The van der Waals surface area contributed by atoms with Crippen LogP contribution in [0.25, 0.3) is 0 Å². The van der Waals surface area contributed by atoms with Gasteiger partial charge < -0.3 is 10.6 Å². The Balaban J connectivity index is 2.92. The van der Waals surface area contributed by atoms with Crippen LogP contribution in [-0.4, -0.2) is 25.0 Å². The normalized spacial score (nSPS) is 10.8. The highest BCUT2D eigenvalue weighted by Gasteiger charge is 2.13. The van der Waals surface area contributed by atoms with Crippen molar-refractivity contribution in [1.82, 2.24) is 4.98 Å². The van der Waals surface area contributed by atoms with Crippen molar-refractivity contribution in [3.8, 4) is 0 Å². The zero-order valence-corrected chi connectivity index (χ0v) is 9.84. The third-order valence-corrected chi connectivity index (χ3v) is 2.34. The predicted octanol–water partition coefficient (Wildman–Crippen LogP) is 2.00. The Morgan fingerprint density at radius 3 is 2.80 bits per heavy atom. The summed E-state index contributed by atoms with van der Waals surface area (Å²) in [4.78, 5) is 5.47. The van der Waals surface area contributed by atoms with E-state index in [0.29, 0.717) is 5.82 Å². The van der Waals surface area contributed by atoms with Crippen molar-refractivity contribution < 1.29 is 8.78 Å². The van der Waals surface area contributed by atoms with Crippen LogP contribution in [0.3, 0.4) is 0 Å². The first-order chi connectivity index (χ1) is 7.04. The summed E-state index contributed by atoms with van der Waals surface area (Å²) >= 11 is 3.25. The highest BCUT2D eigenvalue weighted by Crippen LogP contribution is 2.20. The summed E-state index contributed by atoms with van der Waals surface area (Å²) in [6.45, 7) is -0.0724. The van der Waals surface area contributed by atoms with Crippen molar-refractivity contribution >= 4 is 21.7 Å². The molecule has 6 heteroatoms. The Morgan fingerprint density at radius 2 is 2.27 bits per heavy atom. The molecule has 0 atom stereocenters. The number of rotatable bonds is 4. The number of halogens is 3. The first-order valence-corrected chi connectivity index (χ1v) is 5.17. The van der Waals surface area contributed by atoms with Crippen molar-refractivity contribution in [2.24, 2.45) is 5.73 Å². The standard InChI is InChI=1S/C9H12BrF2N3/c1-15(5-8(11)12)9-6(3-13)2-7(10)4-14-9/h2,4,8H,3,5,13H2,1H3. The van der Waals surface area contributed by atoms with E-state index in [1.807, 2.05) is 0 Å². The van der Waals surface area contributed by atoms with Gasteiger partial charge in [0.1, 0.15) is 5.82 Å². The lowest BCUT2D eigenvalue weighted by atomic mass is 10.2. The third-order valence-electron chi connectivity index (χ3n) is 1.90. The van der Waals surface area contributed by atoms with Gasteiger partial charge in [-0.3, -0.25) is 0 Å². The van der Waals surface area contributed by atoms with Gasteiger partial charge in [0.05, 0.1) is 6.54 Å². The summed E-state index contributed by atoms with van der Waals surface area (Å²) in [5.74, 6) is 0.501. The van der Waals surface area contributed by atoms with Crippen molar-refractivity contribution in [3.63, 3.8) is 0 Å². The monoisotopic (exact) mass is 279 g/mol. The van der Waals surface area contributed by atoms with E-state index >= 15 is 0 Å². The molecule has 0 unspecified atom stereocenters. The first kappa shape index (κ1) is 12.3. The fraction of sp³-hybridized carbons (Fsp3) is 0.444. The Kier molecular flexibility index (Phi) is 4.41. The van der Waals surface area contributed by atoms with E-state index in [-0.39, 0.29) is 13.1 Å². The molecule has 0 radical (unpaired) electrons. The summed E-state index contributed by atoms with van der Waals surface area (Å²) in [7, 11) is 1.57. The number of alkyl halides is 2. The predicted molar refractivity (Wildman–Crippen MR) is 59.1 cm³/mol. The number of aromatic nitrogens is 1. The van der Waals surface area contributed by atoms with Crippen LogP contribution in [0.5, 0.6) is 0 Å². The highest BCUT2D eigenvalue weighted by atomic mass is 79.9. The molecule has 15 heavy (non-hydrogen) atoms. The molecule has 0 saturated heterocycles. The zero-order valence-electron chi connectivity index (χ0n) is 8.25. The Labute approximate surface area is 95.4 Å². The number of nitrogens with zero attached hydrogens (tertiary/aromatic N) is 2. The van der Waals surface area contributed by atoms with Crippen LogP contribution in [0.1, 0.15) is 5.56 Å². The van der Waals surface area contributed by atoms with Gasteiger partial charge >= 0.3 is 0 Å². The molecular weight excluding hydrogens is 268 g/mol. The van der Waals surface area contributed by atoms with E-state index in [9.17, 15) is 8.78 Å². The smallest absolute Gasteiger partial charge is 0.255 e. The molecule has 84 valence electrons.